The number of aliphatic carboxylic acids is 1. The zero-order valence-electron chi connectivity index (χ0n) is 17.7. The topological polar surface area (TPSA) is 113 Å². The smallest absolute Gasteiger partial charge is 0.475 e. The second kappa shape index (κ2) is 9.39. The average Bonchev–Trinajstić information content (AvgIpc) is 3.43. The van der Waals surface area contributed by atoms with Crippen LogP contribution in [0.25, 0.3) is 37.4 Å². The molecule has 3 N–H and O–H groups in total. The van der Waals surface area contributed by atoms with Crippen molar-refractivity contribution >= 4 is 56.1 Å². The fraction of sp³-hybridized carbons (Fsp3) is 0.0909. The Morgan fingerprint density at radius 1 is 1.14 bits per heavy atom. The molecule has 3 aromatic heterocycles. The summed E-state index contributed by atoms with van der Waals surface area (Å²) in [6, 6.07) is 15.1. The normalized spacial score (nSPS) is 11.3. The van der Waals surface area contributed by atoms with E-state index in [0.29, 0.717) is 21.2 Å². The number of carbonyl (C=O) groups is 1. The number of thiophene rings is 1. The molecule has 0 bridgehead atoms. The van der Waals surface area contributed by atoms with Gasteiger partial charge in [-0.1, -0.05) is 23.7 Å². The first kappa shape index (κ1) is 24.2. The number of H-pyrrole nitrogens is 1. The number of carboxylic acids is 1. The van der Waals surface area contributed by atoms with Crippen LogP contribution in [0, 0.1) is 0 Å². The van der Waals surface area contributed by atoms with Crippen molar-refractivity contribution in [3.63, 3.8) is 0 Å². The Kier molecular flexibility index (Phi) is 6.50. The standard InChI is InChI=1S/C20H14ClN5OS.C2HF3O2/c1-22-20-24-14-7-6-13(8-15(14)25-20)26-10-23-16-9-17(28-18(16)19(26)27)11-2-4-12(21)5-3-11;3-2(4,5)1(6)7/h2-10H,1H3,(H2,22,24,25);(H,6,7). The first-order valence-electron chi connectivity index (χ1n) is 9.82. The Morgan fingerprint density at radius 3 is 2.46 bits per heavy atom. The van der Waals surface area contributed by atoms with Gasteiger partial charge in [-0.15, -0.1) is 11.3 Å². The summed E-state index contributed by atoms with van der Waals surface area (Å²) in [5, 5.41) is 10.8. The van der Waals surface area contributed by atoms with Crippen LogP contribution in [0.4, 0.5) is 19.1 Å². The van der Waals surface area contributed by atoms with Crippen LogP contribution >= 0.6 is 22.9 Å². The zero-order valence-corrected chi connectivity index (χ0v) is 19.3. The first-order valence-corrected chi connectivity index (χ1v) is 11.0. The molecule has 13 heteroatoms. The van der Waals surface area contributed by atoms with Crippen molar-refractivity contribution in [2.75, 3.05) is 12.4 Å². The van der Waals surface area contributed by atoms with E-state index in [1.165, 1.54) is 11.3 Å². The van der Waals surface area contributed by atoms with E-state index in [1.807, 2.05) is 48.5 Å². The summed E-state index contributed by atoms with van der Waals surface area (Å²) in [6.45, 7) is 0. The zero-order chi connectivity index (χ0) is 25.3. The van der Waals surface area contributed by atoms with Gasteiger partial charge in [-0.2, -0.15) is 13.2 Å². The van der Waals surface area contributed by atoms with Gasteiger partial charge in [0, 0.05) is 16.9 Å². The SMILES string of the molecule is CNc1nc2ccc(-n3cnc4cc(-c5ccc(Cl)cc5)sc4c3=O)cc2[nH]1.O=C(O)C(F)(F)F. The molecule has 0 aliphatic heterocycles. The highest BCUT2D eigenvalue weighted by Gasteiger charge is 2.38. The van der Waals surface area contributed by atoms with Crippen LogP contribution < -0.4 is 10.9 Å². The van der Waals surface area contributed by atoms with Crippen molar-refractivity contribution in [2.24, 2.45) is 0 Å². The maximum absolute atomic E-state index is 13.1. The van der Waals surface area contributed by atoms with Gasteiger partial charge in [-0.05, 0) is 42.0 Å². The molecule has 0 aliphatic rings. The number of imidazole rings is 1. The molecule has 35 heavy (non-hydrogen) atoms. The summed E-state index contributed by atoms with van der Waals surface area (Å²) in [5.41, 5.74) is 4.02. The number of hydrogen-bond acceptors (Lipinski definition) is 6. The van der Waals surface area contributed by atoms with Gasteiger partial charge in [0.25, 0.3) is 5.56 Å². The molecule has 180 valence electrons. The number of carboxylic acid groups (broad SMARTS) is 1. The lowest BCUT2D eigenvalue weighted by Crippen LogP contribution is -2.21. The Balaban J connectivity index is 0.000000364. The molecular formula is C22H15ClF3N5O3S. The van der Waals surface area contributed by atoms with Crippen molar-refractivity contribution in [3.05, 3.63) is 70.2 Å². The van der Waals surface area contributed by atoms with E-state index >= 15 is 0 Å². The molecule has 5 rings (SSSR count). The van der Waals surface area contributed by atoms with E-state index < -0.39 is 12.1 Å². The van der Waals surface area contributed by atoms with Crippen LogP contribution in [-0.2, 0) is 4.79 Å². The van der Waals surface area contributed by atoms with Gasteiger partial charge in [-0.3, -0.25) is 9.36 Å². The Hall–Kier alpha value is -3.90. The van der Waals surface area contributed by atoms with Gasteiger partial charge in [0.2, 0.25) is 5.95 Å². The van der Waals surface area contributed by atoms with Crippen LogP contribution in [0.1, 0.15) is 0 Å². The number of anilines is 1. The molecule has 8 nitrogen and oxygen atoms in total. The molecule has 0 fully saturated rings. The highest BCUT2D eigenvalue weighted by molar-refractivity contribution is 7.22. The van der Waals surface area contributed by atoms with E-state index in [4.69, 9.17) is 21.5 Å². The molecule has 0 atom stereocenters. The summed E-state index contributed by atoms with van der Waals surface area (Å²) >= 11 is 7.40. The molecule has 5 aromatic rings. The number of benzene rings is 2. The third-order valence-electron chi connectivity index (χ3n) is 4.79. The number of halogens is 4. The van der Waals surface area contributed by atoms with Crippen LogP contribution in [0.2, 0.25) is 5.02 Å². The summed E-state index contributed by atoms with van der Waals surface area (Å²) in [7, 11) is 1.80. The molecule has 3 heterocycles. The van der Waals surface area contributed by atoms with Gasteiger partial charge in [0.15, 0.2) is 0 Å². The minimum absolute atomic E-state index is 0.0945. The molecule has 0 unspecified atom stereocenters. The van der Waals surface area contributed by atoms with E-state index in [0.717, 1.165) is 27.2 Å². The molecular weight excluding hydrogens is 507 g/mol. The van der Waals surface area contributed by atoms with Crippen molar-refractivity contribution in [1.82, 2.24) is 19.5 Å². The highest BCUT2D eigenvalue weighted by Crippen LogP contribution is 2.31. The maximum atomic E-state index is 13.1. The van der Waals surface area contributed by atoms with Crippen molar-refractivity contribution < 1.29 is 23.1 Å². The number of alkyl halides is 3. The summed E-state index contributed by atoms with van der Waals surface area (Å²) in [6.07, 6.45) is -3.51. The van der Waals surface area contributed by atoms with Gasteiger partial charge >= 0.3 is 12.1 Å². The van der Waals surface area contributed by atoms with Crippen LogP contribution in [0.15, 0.2) is 59.7 Å². The second-order valence-corrected chi connectivity index (χ2v) is 8.58. The molecule has 0 spiro atoms. The quantitative estimate of drug-likeness (QED) is 0.296. The highest BCUT2D eigenvalue weighted by atomic mass is 35.5. The lowest BCUT2D eigenvalue weighted by Gasteiger charge is -2.04. The lowest BCUT2D eigenvalue weighted by molar-refractivity contribution is -0.192. The number of nitrogens with one attached hydrogen (secondary N) is 2. The van der Waals surface area contributed by atoms with E-state index in [1.54, 1.807) is 17.9 Å². The molecule has 0 radical (unpaired) electrons. The van der Waals surface area contributed by atoms with Crippen LogP contribution in [-0.4, -0.2) is 43.8 Å². The van der Waals surface area contributed by atoms with E-state index in [9.17, 15) is 18.0 Å². The van der Waals surface area contributed by atoms with Crippen molar-refractivity contribution in [1.29, 1.82) is 0 Å². The number of rotatable bonds is 3. The van der Waals surface area contributed by atoms with Crippen LogP contribution in [0.5, 0.6) is 0 Å². The largest absolute Gasteiger partial charge is 0.490 e. The average molecular weight is 522 g/mol. The third-order valence-corrected chi connectivity index (χ3v) is 6.20. The number of aromatic amines is 1. The molecule has 0 saturated heterocycles. The van der Waals surface area contributed by atoms with E-state index in [2.05, 4.69) is 20.3 Å². The molecule has 0 amide bonds. The third kappa shape index (κ3) is 5.12. The fourth-order valence-corrected chi connectivity index (χ4v) is 4.29. The Labute approximate surface area is 203 Å². The Morgan fingerprint density at radius 2 is 1.83 bits per heavy atom. The number of nitrogens with zero attached hydrogens (tertiary/aromatic N) is 3. The van der Waals surface area contributed by atoms with Gasteiger partial charge in [0.05, 0.1) is 22.2 Å². The second-order valence-electron chi connectivity index (χ2n) is 7.09. The summed E-state index contributed by atoms with van der Waals surface area (Å²) in [4.78, 5) is 35.1. The number of hydrogen-bond donors (Lipinski definition) is 3. The molecule has 2 aromatic carbocycles. The van der Waals surface area contributed by atoms with Gasteiger partial charge in [-0.25, -0.2) is 14.8 Å². The summed E-state index contributed by atoms with van der Waals surface area (Å²) in [5.74, 6) is -2.08. The van der Waals surface area contributed by atoms with Gasteiger partial charge < -0.3 is 15.4 Å². The van der Waals surface area contributed by atoms with Gasteiger partial charge in [0.1, 0.15) is 11.0 Å². The fourth-order valence-electron chi connectivity index (χ4n) is 3.12. The monoisotopic (exact) mass is 521 g/mol. The maximum Gasteiger partial charge on any atom is 0.490 e. The predicted octanol–water partition coefficient (Wildman–Crippen LogP) is 5.32. The van der Waals surface area contributed by atoms with Crippen LogP contribution in [0.3, 0.4) is 0 Å². The predicted molar refractivity (Wildman–Crippen MR) is 129 cm³/mol. The molecule has 0 aliphatic carbocycles. The minimum atomic E-state index is -5.08. The Bertz CT molecular complexity index is 1590. The number of fused-ring (bicyclic) bond motifs is 2. The first-order chi connectivity index (χ1) is 16.6. The lowest BCUT2D eigenvalue weighted by atomic mass is 10.2. The van der Waals surface area contributed by atoms with Crippen molar-refractivity contribution in [3.8, 4) is 16.1 Å². The van der Waals surface area contributed by atoms with Crippen molar-refractivity contribution in [2.45, 2.75) is 6.18 Å². The minimum Gasteiger partial charge on any atom is -0.475 e. The molecule has 0 saturated carbocycles. The summed E-state index contributed by atoms with van der Waals surface area (Å²) < 4.78 is 33.9. The number of aromatic nitrogens is 4. The van der Waals surface area contributed by atoms with E-state index in [-0.39, 0.29) is 5.56 Å².